The van der Waals surface area contributed by atoms with Crippen molar-refractivity contribution in [3.8, 4) is 23.0 Å². The molecule has 0 N–H and O–H groups in total. The van der Waals surface area contributed by atoms with E-state index in [4.69, 9.17) is 55.1 Å². The fraction of sp³-hybridized carbons (Fsp3) is 0.471. The maximum atomic E-state index is 15.1. The SMILES string of the molecule is CCOP(=O)(OCC)c1cc2ccc1OCc1ccc(cc1)COc1cc3c(cc1P(=O)(OCC)OCC)C(C)(C)CC31CC(C)(C)c3cc(P(=O)(OCC)OCC)c(cc31)OCc1ccc(cc1)COc1ccc(cc1P(=O)(OCC)OCC)C2(C)C. The standard InChI is InChI=1S/C68H88O16P4/c1-15-77-85(69,78-16-2)61-35-51-31-33-57(61)73-41-47-23-27-49(28-24-47)43-75-59-37-55-53(39-63(59)87(71,81-19-5)82-20-6)65(9,10)45-68(55)46-66(11,12)54-40-64(88(72,83-21-7)84-22-8)60(38-56(54)68)76-44-50-29-25-48(26-30-50)42-74-58-34-32-52(67(51,13)14)36-62(58)86(70,79-17-3)80-18-4/h23-40H,15-22,41-46H2,1-14H3. The molecule has 0 unspecified atom stereocenters. The minimum absolute atomic E-state index is 0.105. The Labute approximate surface area is 521 Å². The zero-order valence-corrected chi connectivity index (χ0v) is 57.2. The molecule has 0 fully saturated rings. The Kier molecular flexibility index (Phi) is 20.8. The highest BCUT2D eigenvalue weighted by atomic mass is 31.2. The fourth-order valence-corrected chi connectivity index (χ4v) is 19.7. The van der Waals surface area contributed by atoms with Crippen LogP contribution in [0.25, 0.3) is 0 Å². The maximum Gasteiger partial charge on any atom is 0.365 e. The molecular formula is C68H88O16P4. The number of hydrogen-bond donors (Lipinski definition) is 0. The van der Waals surface area contributed by atoms with E-state index in [0.29, 0.717) is 46.4 Å². The molecule has 0 atom stereocenters. The molecule has 9 aliphatic heterocycles. The maximum absolute atomic E-state index is 15.1. The minimum Gasteiger partial charge on any atom is -0.488 e. The zero-order chi connectivity index (χ0) is 63.5. The van der Waals surface area contributed by atoms with Crippen molar-refractivity contribution in [3.63, 3.8) is 0 Å². The lowest BCUT2D eigenvalue weighted by atomic mass is 9.72. The van der Waals surface area contributed by atoms with Gasteiger partial charge in [-0.1, -0.05) is 102 Å². The lowest BCUT2D eigenvalue weighted by molar-refractivity contribution is 0.227. The average molecular weight is 1290 g/mol. The van der Waals surface area contributed by atoms with Crippen LogP contribution in [0.5, 0.6) is 23.0 Å². The Bertz CT molecular complexity index is 3390. The summed E-state index contributed by atoms with van der Waals surface area (Å²) >= 11 is 0. The lowest BCUT2D eigenvalue weighted by Crippen LogP contribution is -2.27. The Morgan fingerprint density at radius 1 is 0.330 bits per heavy atom. The second kappa shape index (κ2) is 27.1. The zero-order valence-electron chi connectivity index (χ0n) is 53.6. The summed E-state index contributed by atoms with van der Waals surface area (Å²) in [5, 5.41) is 1.23. The number of rotatable bonds is 20. The first-order chi connectivity index (χ1) is 41.9. The van der Waals surface area contributed by atoms with Gasteiger partial charge in [-0.3, -0.25) is 18.3 Å². The smallest absolute Gasteiger partial charge is 0.365 e. The molecule has 17 rings (SSSR count). The molecule has 1 spiro atoms. The first kappa shape index (κ1) is 67.5. The van der Waals surface area contributed by atoms with Gasteiger partial charge in [-0.15, -0.1) is 0 Å². The second-order valence-corrected chi connectivity index (χ2v) is 32.0. The first-order valence-corrected chi connectivity index (χ1v) is 37.0. The molecule has 0 radical (unpaired) electrons. The van der Waals surface area contributed by atoms with Gasteiger partial charge in [-0.05, 0) is 183 Å². The van der Waals surface area contributed by atoms with Gasteiger partial charge < -0.3 is 55.1 Å². The van der Waals surface area contributed by atoms with Crippen LogP contribution < -0.4 is 40.2 Å². The van der Waals surface area contributed by atoms with Crippen molar-refractivity contribution in [2.45, 2.75) is 158 Å². The second-order valence-electron chi connectivity index (χ2n) is 24.0. The van der Waals surface area contributed by atoms with Crippen LogP contribution in [0.2, 0.25) is 0 Å². The number of ether oxygens (including phenoxy) is 4. The van der Waals surface area contributed by atoms with Crippen LogP contribution in [-0.4, -0.2) is 52.9 Å². The van der Waals surface area contributed by atoms with Crippen LogP contribution in [0.15, 0.2) is 109 Å². The van der Waals surface area contributed by atoms with Crippen molar-refractivity contribution in [1.82, 2.24) is 0 Å². The van der Waals surface area contributed by atoms with E-state index >= 15 is 9.13 Å². The Morgan fingerprint density at radius 2 is 0.580 bits per heavy atom. The predicted molar refractivity (Wildman–Crippen MR) is 346 cm³/mol. The van der Waals surface area contributed by atoms with Crippen LogP contribution >= 0.6 is 30.4 Å². The third-order valence-corrected chi connectivity index (χ3v) is 25.3. The Hall–Kier alpha value is -4.88. The third-order valence-electron chi connectivity index (χ3n) is 16.7. The molecule has 0 aromatic heterocycles. The molecule has 11 aliphatic rings. The van der Waals surface area contributed by atoms with E-state index in [9.17, 15) is 9.13 Å². The van der Waals surface area contributed by atoms with Crippen molar-refractivity contribution >= 4 is 51.6 Å². The predicted octanol–water partition coefficient (Wildman–Crippen LogP) is 15.9. The molecule has 16 nitrogen and oxygen atoms in total. The molecule has 2 aliphatic carbocycles. The summed E-state index contributed by atoms with van der Waals surface area (Å²) < 4.78 is 135. The number of benzene rings is 6. The molecule has 0 saturated carbocycles. The quantitative estimate of drug-likeness (QED) is 0.0658. The Morgan fingerprint density at radius 3 is 0.841 bits per heavy atom. The van der Waals surface area contributed by atoms with Gasteiger partial charge >= 0.3 is 30.4 Å². The molecular weight excluding hydrogens is 1200 g/mol. The van der Waals surface area contributed by atoms with Crippen molar-refractivity contribution in [1.29, 1.82) is 0 Å². The highest BCUT2D eigenvalue weighted by Gasteiger charge is 2.58. The Balaban J connectivity index is 1.22. The first-order valence-electron chi connectivity index (χ1n) is 30.8. The summed E-state index contributed by atoms with van der Waals surface area (Å²) in [6.07, 6.45) is 1.36. The van der Waals surface area contributed by atoms with Gasteiger partial charge in [0.05, 0.1) is 52.9 Å². The van der Waals surface area contributed by atoms with Crippen LogP contribution in [0.1, 0.15) is 165 Å². The van der Waals surface area contributed by atoms with Crippen LogP contribution in [-0.2, 0) is 103 Å². The largest absolute Gasteiger partial charge is 0.488 e. The van der Waals surface area contributed by atoms with Gasteiger partial charge in [0.2, 0.25) is 0 Å². The molecule has 20 heteroatoms. The van der Waals surface area contributed by atoms with E-state index in [1.54, 1.807) is 67.5 Å². The van der Waals surface area contributed by atoms with Crippen LogP contribution in [0.4, 0.5) is 0 Å². The van der Waals surface area contributed by atoms with Crippen LogP contribution in [0, 0.1) is 0 Å². The highest BCUT2D eigenvalue weighted by Crippen LogP contribution is 2.65. The summed E-state index contributed by atoms with van der Waals surface area (Å²) in [6, 6.07) is 34.7. The van der Waals surface area contributed by atoms with Gasteiger partial charge in [-0.25, -0.2) is 0 Å². The molecule has 6 aromatic carbocycles. The highest BCUT2D eigenvalue weighted by molar-refractivity contribution is 7.63. The summed E-state index contributed by atoms with van der Waals surface area (Å²) in [5.41, 5.74) is 6.49. The van der Waals surface area contributed by atoms with E-state index in [1.165, 1.54) is 0 Å². The number of hydrogen-bond acceptors (Lipinski definition) is 16. The van der Waals surface area contributed by atoms with Crippen molar-refractivity contribution in [3.05, 3.63) is 165 Å². The van der Waals surface area contributed by atoms with Gasteiger partial charge in [0.25, 0.3) is 0 Å². The normalized spacial score (nSPS) is 17.0. The summed E-state index contributed by atoms with van der Waals surface area (Å²) in [7, 11) is -15.8. The van der Waals surface area contributed by atoms with Crippen molar-refractivity contribution < 1.29 is 73.4 Å². The summed E-state index contributed by atoms with van der Waals surface area (Å²) in [6.45, 7) is 28.6. The minimum atomic E-state index is -3.96. The van der Waals surface area contributed by atoms with Crippen molar-refractivity contribution in [2.75, 3.05) is 52.9 Å². The van der Waals surface area contributed by atoms with E-state index < -0.39 is 52.0 Å². The monoisotopic (exact) mass is 1280 g/mol. The topological polar surface area (TPSA) is 179 Å². The molecule has 0 amide bonds. The van der Waals surface area contributed by atoms with Gasteiger partial charge in [0.15, 0.2) is 0 Å². The fourth-order valence-electron chi connectivity index (χ4n) is 12.8. The van der Waals surface area contributed by atoms with Gasteiger partial charge in [-0.2, -0.15) is 0 Å². The van der Waals surface area contributed by atoms with Crippen LogP contribution in [0.3, 0.4) is 0 Å². The van der Waals surface area contributed by atoms with E-state index in [2.05, 4.69) is 27.7 Å². The molecule has 476 valence electrons. The molecule has 12 bridgehead atoms. The molecule has 88 heavy (non-hydrogen) atoms. The van der Waals surface area contributed by atoms with E-state index in [0.717, 1.165) is 55.6 Å². The average Bonchev–Trinajstić information content (AvgIpc) is 1.52. The van der Waals surface area contributed by atoms with Gasteiger partial charge in [0.1, 0.15) is 70.6 Å². The molecule has 6 aromatic rings. The summed E-state index contributed by atoms with van der Waals surface area (Å²) in [4.78, 5) is 0. The lowest BCUT2D eigenvalue weighted by Gasteiger charge is -2.31. The van der Waals surface area contributed by atoms with E-state index in [-0.39, 0.29) is 89.9 Å². The third kappa shape index (κ3) is 13.4. The van der Waals surface area contributed by atoms with Crippen molar-refractivity contribution in [2.24, 2.45) is 0 Å². The van der Waals surface area contributed by atoms with Gasteiger partial charge in [0, 0.05) is 10.8 Å². The molecule has 0 saturated heterocycles. The molecule has 9 heterocycles. The summed E-state index contributed by atoms with van der Waals surface area (Å²) in [5.74, 6) is 1.41. The van der Waals surface area contributed by atoms with E-state index in [1.807, 2.05) is 111 Å².